The number of aliphatic hydroxyl groups excluding tert-OH is 1. The molecule has 0 radical (unpaired) electrons. The van der Waals surface area contributed by atoms with Crippen molar-refractivity contribution in [3.8, 4) is 0 Å². The molecule has 0 bridgehead atoms. The maximum absolute atomic E-state index is 10.3. The molecule has 0 aliphatic heterocycles. The summed E-state index contributed by atoms with van der Waals surface area (Å²) >= 11 is 1.52. The van der Waals surface area contributed by atoms with Crippen molar-refractivity contribution in [2.75, 3.05) is 6.54 Å². The van der Waals surface area contributed by atoms with Crippen LogP contribution in [0.25, 0.3) is 0 Å². The number of nitrogens with one attached hydrogen (secondary N) is 1. The summed E-state index contributed by atoms with van der Waals surface area (Å²) in [5.74, 6) is 0.342. The molecule has 102 valence electrons. The molecule has 0 amide bonds. The Morgan fingerprint density at radius 2 is 2.11 bits per heavy atom. The highest BCUT2D eigenvalue weighted by Crippen LogP contribution is 2.50. The van der Waals surface area contributed by atoms with Gasteiger partial charge in [-0.3, -0.25) is 0 Å². The number of nitrogens with zero attached hydrogens (tertiary/aromatic N) is 1. The second kappa shape index (κ2) is 5.27. The van der Waals surface area contributed by atoms with Crippen molar-refractivity contribution in [3.63, 3.8) is 0 Å². The van der Waals surface area contributed by atoms with Gasteiger partial charge in [-0.15, -0.1) is 0 Å². The molecule has 0 spiro atoms. The molecule has 1 heterocycles. The largest absolute Gasteiger partial charge is 0.392 e. The van der Waals surface area contributed by atoms with Gasteiger partial charge in [0.1, 0.15) is 0 Å². The Morgan fingerprint density at radius 3 is 2.56 bits per heavy atom. The van der Waals surface area contributed by atoms with E-state index in [2.05, 4.69) is 42.8 Å². The number of hydrogen-bond acceptors (Lipinski definition) is 4. The third-order valence-electron chi connectivity index (χ3n) is 4.17. The van der Waals surface area contributed by atoms with Gasteiger partial charge in [-0.2, -0.15) is 4.37 Å². The molecule has 1 saturated carbocycles. The predicted octanol–water partition coefficient (Wildman–Crippen LogP) is 2.90. The average molecular weight is 268 g/mol. The van der Waals surface area contributed by atoms with Crippen molar-refractivity contribution in [2.24, 2.45) is 11.3 Å². The minimum Gasteiger partial charge on any atom is -0.392 e. The van der Waals surface area contributed by atoms with Crippen LogP contribution in [0, 0.1) is 18.3 Å². The third-order valence-corrected chi connectivity index (χ3v) is 4.90. The molecule has 1 fully saturated rings. The van der Waals surface area contributed by atoms with Crippen LogP contribution >= 0.6 is 11.5 Å². The lowest BCUT2D eigenvalue weighted by Crippen LogP contribution is -2.37. The fourth-order valence-corrected chi connectivity index (χ4v) is 3.43. The monoisotopic (exact) mass is 268 g/mol. The van der Waals surface area contributed by atoms with E-state index in [1.165, 1.54) is 17.1 Å². The number of aromatic nitrogens is 1. The lowest BCUT2D eigenvalue weighted by atomic mass is 9.90. The smallest absolute Gasteiger partial charge is 0.0631 e. The van der Waals surface area contributed by atoms with Crippen LogP contribution in [0.4, 0.5) is 0 Å². The molecule has 18 heavy (non-hydrogen) atoms. The van der Waals surface area contributed by atoms with Crippen molar-refractivity contribution in [1.29, 1.82) is 0 Å². The van der Waals surface area contributed by atoms with Crippen LogP contribution < -0.4 is 5.32 Å². The molecule has 2 unspecified atom stereocenters. The number of aliphatic hydroxyl groups is 1. The van der Waals surface area contributed by atoms with Crippen LogP contribution in [0.1, 0.15) is 50.9 Å². The molecule has 3 nitrogen and oxygen atoms in total. The summed E-state index contributed by atoms with van der Waals surface area (Å²) in [4.78, 5) is 0. The Bertz CT molecular complexity index is 398. The molecule has 2 N–H and O–H groups in total. The van der Waals surface area contributed by atoms with Gasteiger partial charge in [0, 0.05) is 28.9 Å². The lowest BCUT2D eigenvalue weighted by Gasteiger charge is -2.27. The fourth-order valence-electron chi connectivity index (χ4n) is 2.63. The summed E-state index contributed by atoms with van der Waals surface area (Å²) in [5, 5.41) is 16.0. The quantitative estimate of drug-likeness (QED) is 0.834. The van der Waals surface area contributed by atoms with E-state index < -0.39 is 0 Å². The van der Waals surface area contributed by atoms with Crippen LogP contribution in [-0.2, 0) is 0 Å². The van der Waals surface area contributed by atoms with Crippen LogP contribution in [-0.4, -0.2) is 22.1 Å². The zero-order valence-corrected chi connectivity index (χ0v) is 12.5. The Hall–Kier alpha value is -0.450. The summed E-state index contributed by atoms with van der Waals surface area (Å²) in [6.07, 6.45) is 2.11. The van der Waals surface area contributed by atoms with E-state index in [0.717, 1.165) is 25.1 Å². The van der Waals surface area contributed by atoms with Crippen LogP contribution in [0.5, 0.6) is 0 Å². The van der Waals surface area contributed by atoms with Gasteiger partial charge in [-0.1, -0.05) is 13.8 Å². The van der Waals surface area contributed by atoms with Gasteiger partial charge in [-0.25, -0.2) is 0 Å². The van der Waals surface area contributed by atoms with Gasteiger partial charge in [0.25, 0.3) is 0 Å². The fraction of sp³-hybridized carbons (Fsp3) is 0.786. The van der Waals surface area contributed by atoms with Crippen LogP contribution in [0.3, 0.4) is 0 Å². The van der Waals surface area contributed by atoms with E-state index in [4.69, 9.17) is 0 Å². The standard InChI is InChI=1S/C14H24N2OS/c1-9(2)13(17)14(5-6-14)8-15-10(3)12-7-18-16-11(12)4/h7,9-10,13,15,17H,5-6,8H2,1-4H3. The predicted molar refractivity (Wildman–Crippen MR) is 75.8 cm³/mol. The van der Waals surface area contributed by atoms with E-state index in [9.17, 15) is 5.11 Å². The zero-order chi connectivity index (χ0) is 13.3. The summed E-state index contributed by atoms with van der Waals surface area (Å²) in [6, 6.07) is 0.320. The summed E-state index contributed by atoms with van der Waals surface area (Å²) in [5.41, 5.74) is 2.53. The number of aryl methyl sites for hydroxylation is 1. The van der Waals surface area contributed by atoms with Gasteiger partial charge < -0.3 is 10.4 Å². The molecule has 4 heteroatoms. The minimum atomic E-state index is -0.182. The Labute approximate surface area is 114 Å². The molecule has 1 aliphatic carbocycles. The molecule has 0 aromatic carbocycles. The van der Waals surface area contributed by atoms with Crippen molar-refractivity contribution < 1.29 is 5.11 Å². The molecular formula is C14H24N2OS. The van der Waals surface area contributed by atoms with Crippen molar-refractivity contribution in [3.05, 3.63) is 16.6 Å². The van der Waals surface area contributed by atoms with Crippen LogP contribution in [0.2, 0.25) is 0 Å². The van der Waals surface area contributed by atoms with E-state index in [1.807, 2.05) is 0 Å². The Balaban J connectivity index is 1.91. The highest BCUT2D eigenvalue weighted by atomic mass is 32.1. The van der Waals surface area contributed by atoms with Crippen molar-refractivity contribution in [2.45, 2.75) is 52.7 Å². The van der Waals surface area contributed by atoms with Gasteiger partial charge in [0.2, 0.25) is 0 Å². The van der Waals surface area contributed by atoms with Gasteiger partial charge in [0.15, 0.2) is 0 Å². The Kier molecular flexibility index (Phi) is 4.09. The molecule has 1 aromatic rings. The van der Waals surface area contributed by atoms with E-state index in [-0.39, 0.29) is 11.5 Å². The van der Waals surface area contributed by atoms with Gasteiger partial charge >= 0.3 is 0 Å². The second-order valence-corrected chi connectivity index (χ2v) is 6.64. The highest BCUT2D eigenvalue weighted by Gasteiger charge is 2.49. The Morgan fingerprint density at radius 1 is 1.44 bits per heavy atom. The molecule has 2 atom stereocenters. The first-order chi connectivity index (χ1) is 8.46. The second-order valence-electron chi connectivity index (χ2n) is 6.01. The SMILES string of the molecule is Cc1nscc1C(C)NCC1(C(O)C(C)C)CC1. The number of rotatable bonds is 6. The topological polar surface area (TPSA) is 45.2 Å². The van der Waals surface area contributed by atoms with Crippen molar-refractivity contribution in [1.82, 2.24) is 9.69 Å². The first-order valence-corrected chi connectivity index (χ1v) is 7.62. The van der Waals surface area contributed by atoms with Crippen LogP contribution in [0.15, 0.2) is 5.38 Å². The van der Waals surface area contributed by atoms with E-state index in [1.54, 1.807) is 0 Å². The van der Waals surface area contributed by atoms with E-state index in [0.29, 0.717) is 12.0 Å². The van der Waals surface area contributed by atoms with Gasteiger partial charge in [-0.05, 0) is 44.1 Å². The van der Waals surface area contributed by atoms with E-state index >= 15 is 0 Å². The maximum Gasteiger partial charge on any atom is 0.0631 e. The zero-order valence-electron chi connectivity index (χ0n) is 11.7. The first-order valence-electron chi connectivity index (χ1n) is 6.78. The molecule has 2 rings (SSSR count). The molecule has 0 saturated heterocycles. The highest BCUT2D eigenvalue weighted by molar-refractivity contribution is 7.03. The average Bonchev–Trinajstić information content (AvgIpc) is 3.01. The van der Waals surface area contributed by atoms with Gasteiger partial charge in [0.05, 0.1) is 11.8 Å². The minimum absolute atomic E-state index is 0.125. The molecule has 1 aromatic heterocycles. The lowest BCUT2D eigenvalue weighted by molar-refractivity contribution is 0.0491. The summed E-state index contributed by atoms with van der Waals surface area (Å²) in [7, 11) is 0. The normalized spacial score (nSPS) is 21.0. The third kappa shape index (κ3) is 2.76. The maximum atomic E-state index is 10.3. The summed E-state index contributed by atoms with van der Waals surface area (Å²) in [6.45, 7) is 9.33. The molecule has 1 aliphatic rings. The van der Waals surface area contributed by atoms with Crippen molar-refractivity contribution >= 4 is 11.5 Å². The number of hydrogen-bond donors (Lipinski definition) is 2. The first kappa shape index (κ1) is 14.0. The molecular weight excluding hydrogens is 244 g/mol. The summed E-state index contributed by atoms with van der Waals surface area (Å²) < 4.78 is 4.31.